The zero-order valence-electron chi connectivity index (χ0n) is 16.0. The summed E-state index contributed by atoms with van der Waals surface area (Å²) in [7, 11) is 0. The Morgan fingerprint density at radius 1 is 1.18 bits per heavy atom. The minimum Gasteiger partial charge on any atom is -0.393 e. The number of carbonyl (C=O) groups excluding carboxylic acids is 1. The van der Waals surface area contributed by atoms with Crippen LogP contribution in [0, 0.1) is 11.3 Å². The van der Waals surface area contributed by atoms with Gasteiger partial charge in [-0.15, -0.1) is 0 Å². The maximum atomic E-state index is 12.8. The Morgan fingerprint density at radius 2 is 1.89 bits per heavy atom. The number of hydrogen-bond donors (Lipinski definition) is 2. The molecule has 1 aliphatic heterocycles. The molecule has 1 aromatic heterocycles. The first-order valence-corrected chi connectivity index (χ1v) is 10.1. The molecular formula is C22H26N4O2. The molecule has 0 atom stereocenters. The van der Waals surface area contributed by atoms with Gasteiger partial charge in [0.15, 0.2) is 0 Å². The molecule has 2 heterocycles. The fourth-order valence-corrected chi connectivity index (χ4v) is 4.35. The molecule has 0 unspecified atom stereocenters. The summed E-state index contributed by atoms with van der Waals surface area (Å²) in [5.41, 5.74) is 3.79. The molecule has 6 heteroatoms. The van der Waals surface area contributed by atoms with E-state index in [0.717, 1.165) is 55.7 Å². The lowest BCUT2D eigenvalue weighted by Crippen LogP contribution is -2.40. The summed E-state index contributed by atoms with van der Waals surface area (Å²) < 4.78 is 2.06. The van der Waals surface area contributed by atoms with Crippen LogP contribution in [-0.4, -0.2) is 46.2 Å². The van der Waals surface area contributed by atoms with Gasteiger partial charge in [-0.05, 0) is 56.2 Å². The summed E-state index contributed by atoms with van der Waals surface area (Å²) in [5.74, 6) is 0.488. The maximum Gasteiger partial charge on any atom is 0.239 e. The quantitative estimate of drug-likeness (QED) is 0.857. The topological polar surface area (TPSA) is 81.3 Å². The van der Waals surface area contributed by atoms with Crippen molar-refractivity contribution in [2.24, 2.45) is 0 Å². The van der Waals surface area contributed by atoms with Crippen molar-refractivity contribution in [3.05, 3.63) is 47.2 Å². The molecule has 6 nitrogen and oxygen atoms in total. The summed E-state index contributed by atoms with van der Waals surface area (Å²) >= 11 is 0. The molecule has 0 spiro atoms. The third-order valence-corrected chi connectivity index (χ3v) is 5.78. The van der Waals surface area contributed by atoms with E-state index >= 15 is 0 Å². The van der Waals surface area contributed by atoms with E-state index in [2.05, 4.69) is 20.9 Å². The fraction of sp³-hybridized carbons (Fsp3) is 0.455. The van der Waals surface area contributed by atoms with Crippen LogP contribution in [0.3, 0.4) is 0 Å². The van der Waals surface area contributed by atoms with Crippen LogP contribution in [0.5, 0.6) is 0 Å². The van der Waals surface area contributed by atoms with Crippen LogP contribution < -0.4 is 5.32 Å². The number of aliphatic hydroxyl groups excluding tert-OH is 1. The number of piperidine rings is 1. The van der Waals surface area contributed by atoms with Crippen molar-refractivity contribution in [3.63, 3.8) is 0 Å². The molecule has 0 radical (unpaired) electrons. The number of benzene rings is 1. The highest BCUT2D eigenvalue weighted by atomic mass is 16.3. The van der Waals surface area contributed by atoms with Gasteiger partial charge in [0.05, 0.1) is 18.2 Å². The maximum absolute atomic E-state index is 12.8. The van der Waals surface area contributed by atoms with E-state index in [0.29, 0.717) is 24.2 Å². The lowest BCUT2D eigenvalue weighted by atomic mass is 9.95. The van der Waals surface area contributed by atoms with Crippen LogP contribution in [0.25, 0.3) is 5.69 Å². The van der Waals surface area contributed by atoms with Gasteiger partial charge in [-0.2, -0.15) is 5.26 Å². The molecule has 1 amide bonds. The normalized spacial score (nSPS) is 17.7. The molecule has 0 bridgehead atoms. The number of carbonyl (C=O) groups is 1. The molecule has 28 heavy (non-hydrogen) atoms. The Kier molecular flexibility index (Phi) is 5.47. The number of hydrogen-bond acceptors (Lipinski definition) is 4. The van der Waals surface area contributed by atoms with Crippen molar-refractivity contribution in [1.82, 2.24) is 9.47 Å². The number of aliphatic hydroxyl groups is 1. The SMILES string of the molecule is N#Cc1c2c(n(-c3ccccc3)c1NC(=O)CN1CCC(O)CC1)CCCC2. The van der Waals surface area contributed by atoms with Crippen LogP contribution in [0.1, 0.15) is 42.5 Å². The summed E-state index contributed by atoms with van der Waals surface area (Å²) in [4.78, 5) is 14.8. The molecule has 1 fully saturated rings. The van der Waals surface area contributed by atoms with Gasteiger partial charge in [-0.25, -0.2) is 0 Å². The highest BCUT2D eigenvalue weighted by molar-refractivity contribution is 5.93. The monoisotopic (exact) mass is 378 g/mol. The molecule has 4 rings (SSSR count). The Morgan fingerprint density at radius 3 is 2.61 bits per heavy atom. The number of amides is 1. The van der Waals surface area contributed by atoms with Crippen molar-refractivity contribution in [3.8, 4) is 11.8 Å². The number of aromatic nitrogens is 1. The summed E-state index contributed by atoms with van der Waals surface area (Å²) in [5, 5.41) is 22.5. The number of nitrogens with one attached hydrogen (secondary N) is 1. The highest BCUT2D eigenvalue weighted by Crippen LogP contribution is 2.35. The fourth-order valence-electron chi connectivity index (χ4n) is 4.35. The van der Waals surface area contributed by atoms with E-state index in [1.165, 1.54) is 0 Å². The number of fused-ring (bicyclic) bond motifs is 1. The Hall–Kier alpha value is -2.62. The van der Waals surface area contributed by atoms with E-state index in [4.69, 9.17) is 0 Å². The number of likely N-dealkylation sites (tertiary alicyclic amines) is 1. The molecule has 2 N–H and O–H groups in total. The minimum atomic E-state index is -0.258. The first kappa shape index (κ1) is 18.7. The highest BCUT2D eigenvalue weighted by Gasteiger charge is 2.27. The molecule has 2 aromatic rings. The molecule has 1 saturated heterocycles. The van der Waals surface area contributed by atoms with Gasteiger partial charge in [0.1, 0.15) is 11.9 Å². The molecule has 1 aliphatic carbocycles. The third-order valence-electron chi connectivity index (χ3n) is 5.78. The number of para-hydroxylation sites is 1. The van der Waals surface area contributed by atoms with Gasteiger partial charge < -0.3 is 10.4 Å². The summed E-state index contributed by atoms with van der Waals surface area (Å²) in [6, 6.07) is 12.3. The predicted octanol–water partition coefficient (Wildman–Crippen LogP) is 2.62. The second-order valence-electron chi connectivity index (χ2n) is 7.69. The molecule has 146 valence electrons. The summed E-state index contributed by atoms with van der Waals surface area (Å²) in [6.45, 7) is 1.72. The Labute approximate surface area is 165 Å². The van der Waals surface area contributed by atoms with Crippen molar-refractivity contribution < 1.29 is 9.90 Å². The van der Waals surface area contributed by atoms with Crippen molar-refractivity contribution >= 4 is 11.7 Å². The molecule has 2 aliphatic rings. The molecule has 0 saturated carbocycles. The van der Waals surface area contributed by atoms with Crippen LogP contribution in [-0.2, 0) is 17.6 Å². The van der Waals surface area contributed by atoms with Gasteiger partial charge in [0, 0.05) is 24.5 Å². The average Bonchev–Trinajstić information content (AvgIpc) is 3.03. The minimum absolute atomic E-state index is 0.111. The smallest absolute Gasteiger partial charge is 0.239 e. The van der Waals surface area contributed by atoms with Crippen molar-refractivity contribution in [1.29, 1.82) is 5.26 Å². The molecular weight excluding hydrogens is 352 g/mol. The van der Waals surface area contributed by atoms with E-state index in [1.807, 2.05) is 30.3 Å². The van der Waals surface area contributed by atoms with Crippen LogP contribution in [0.2, 0.25) is 0 Å². The van der Waals surface area contributed by atoms with Crippen molar-refractivity contribution in [2.75, 3.05) is 25.0 Å². The summed E-state index contributed by atoms with van der Waals surface area (Å²) in [6.07, 6.45) is 5.11. The Bertz CT molecular complexity index is 889. The van der Waals surface area contributed by atoms with Gasteiger partial charge >= 0.3 is 0 Å². The second kappa shape index (κ2) is 8.17. The molecule has 1 aromatic carbocycles. The van der Waals surface area contributed by atoms with E-state index < -0.39 is 0 Å². The lowest BCUT2D eigenvalue weighted by molar-refractivity contribution is -0.117. The van der Waals surface area contributed by atoms with E-state index in [-0.39, 0.29) is 18.6 Å². The predicted molar refractivity (Wildman–Crippen MR) is 107 cm³/mol. The standard InChI is InChI=1S/C22H26N4O2/c23-14-19-18-8-4-5-9-20(18)26(16-6-2-1-3-7-16)22(19)24-21(28)15-25-12-10-17(27)11-13-25/h1-3,6-7,17,27H,4-5,8-13,15H2,(H,24,28). The zero-order valence-corrected chi connectivity index (χ0v) is 16.0. The third kappa shape index (κ3) is 3.68. The first-order chi connectivity index (χ1) is 13.7. The van der Waals surface area contributed by atoms with Crippen LogP contribution in [0.4, 0.5) is 5.82 Å². The average molecular weight is 378 g/mol. The van der Waals surface area contributed by atoms with Gasteiger partial charge in [0.25, 0.3) is 0 Å². The second-order valence-corrected chi connectivity index (χ2v) is 7.69. The van der Waals surface area contributed by atoms with Crippen LogP contribution >= 0.6 is 0 Å². The number of anilines is 1. The van der Waals surface area contributed by atoms with Gasteiger partial charge in [-0.1, -0.05) is 18.2 Å². The first-order valence-electron chi connectivity index (χ1n) is 10.1. The van der Waals surface area contributed by atoms with Crippen molar-refractivity contribution in [2.45, 2.75) is 44.6 Å². The van der Waals surface area contributed by atoms with E-state index in [9.17, 15) is 15.2 Å². The number of rotatable bonds is 4. The zero-order chi connectivity index (χ0) is 19.5. The lowest BCUT2D eigenvalue weighted by Gasteiger charge is -2.28. The van der Waals surface area contributed by atoms with Gasteiger partial charge in [0.2, 0.25) is 5.91 Å². The number of nitriles is 1. The van der Waals surface area contributed by atoms with Gasteiger partial charge in [-0.3, -0.25) is 14.3 Å². The van der Waals surface area contributed by atoms with Crippen LogP contribution in [0.15, 0.2) is 30.3 Å². The Balaban J connectivity index is 1.65. The largest absolute Gasteiger partial charge is 0.393 e. The van der Waals surface area contributed by atoms with E-state index in [1.54, 1.807) is 0 Å². The number of nitrogens with zero attached hydrogens (tertiary/aromatic N) is 3.